The van der Waals surface area contributed by atoms with Gasteiger partial charge in [-0.1, -0.05) is 18.2 Å². The number of carbonyl (C=O) groups is 1. The lowest BCUT2D eigenvalue weighted by Gasteiger charge is -2.16. The van der Waals surface area contributed by atoms with Gasteiger partial charge in [0.15, 0.2) is 0 Å². The van der Waals surface area contributed by atoms with Gasteiger partial charge in [-0.3, -0.25) is 4.79 Å². The van der Waals surface area contributed by atoms with E-state index in [4.69, 9.17) is 0 Å². The fourth-order valence-corrected chi connectivity index (χ4v) is 5.26. The molecule has 1 aliphatic rings. The maximum atomic E-state index is 12.9. The molecule has 2 aromatic carbocycles. The largest absolute Gasteiger partial charge is 0.352 e. The SMILES string of the molecule is CC(=O)NCc1cccc(Nc2nc(Nc3cccc(S(=O)(=O)N4CCCC4)c3)ncc2C)c1. The third-order valence-corrected chi connectivity index (χ3v) is 7.39. The summed E-state index contributed by atoms with van der Waals surface area (Å²) in [5.74, 6) is 0.881. The predicted octanol–water partition coefficient (Wildman–Crippen LogP) is 3.69. The van der Waals surface area contributed by atoms with E-state index in [0.717, 1.165) is 29.7 Å². The van der Waals surface area contributed by atoms with Crippen molar-refractivity contribution in [3.63, 3.8) is 0 Å². The average Bonchev–Trinajstić information content (AvgIpc) is 3.36. The maximum absolute atomic E-state index is 12.9. The maximum Gasteiger partial charge on any atom is 0.243 e. The number of benzene rings is 2. The van der Waals surface area contributed by atoms with Gasteiger partial charge in [-0.2, -0.15) is 9.29 Å². The second-order valence-electron chi connectivity index (χ2n) is 8.22. The fourth-order valence-electron chi connectivity index (χ4n) is 3.69. The summed E-state index contributed by atoms with van der Waals surface area (Å²) < 4.78 is 27.3. The quantitative estimate of drug-likeness (QED) is 0.450. The summed E-state index contributed by atoms with van der Waals surface area (Å²) in [6.45, 7) is 4.94. The molecule has 0 bridgehead atoms. The first-order valence-corrected chi connectivity index (χ1v) is 12.6. The molecule has 9 nitrogen and oxygen atoms in total. The summed E-state index contributed by atoms with van der Waals surface area (Å²) in [6.07, 6.45) is 3.48. The van der Waals surface area contributed by atoms with Crippen LogP contribution in [0.5, 0.6) is 0 Å². The molecule has 0 saturated carbocycles. The topological polar surface area (TPSA) is 116 Å². The van der Waals surface area contributed by atoms with Crippen molar-refractivity contribution in [1.82, 2.24) is 19.6 Å². The summed E-state index contributed by atoms with van der Waals surface area (Å²) >= 11 is 0. The molecular weight excluding hydrogens is 452 g/mol. The van der Waals surface area contributed by atoms with Gasteiger partial charge < -0.3 is 16.0 Å². The Labute approximate surface area is 199 Å². The van der Waals surface area contributed by atoms with Crippen LogP contribution in [-0.2, 0) is 21.4 Å². The predicted molar refractivity (Wildman–Crippen MR) is 132 cm³/mol. The second kappa shape index (κ2) is 10.2. The molecule has 2 heterocycles. The number of nitrogens with one attached hydrogen (secondary N) is 3. The Morgan fingerprint density at radius 2 is 1.74 bits per heavy atom. The highest BCUT2D eigenvalue weighted by Crippen LogP contribution is 2.25. The minimum Gasteiger partial charge on any atom is -0.352 e. The summed E-state index contributed by atoms with van der Waals surface area (Å²) in [6, 6.07) is 14.4. The van der Waals surface area contributed by atoms with Gasteiger partial charge in [-0.15, -0.1) is 0 Å². The molecular formula is C24H28N6O3S. The van der Waals surface area contributed by atoms with E-state index < -0.39 is 10.0 Å². The third-order valence-electron chi connectivity index (χ3n) is 5.50. The molecule has 1 aromatic heterocycles. The number of carbonyl (C=O) groups excluding carboxylic acids is 1. The van der Waals surface area contributed by atoms with Gasteiger partial charge in [0.2, 0.25) is 21.9 Å². The van der Waals surface area contributed by atoms with Crippen LogP contribution in [0.25, 0.3) is 0 Å². The van der Waals surface area contributed by atoms with E-state index in [1.165, 1.54) is 11.2 Å². The van der Waals surface area contributed by atoms with Crippen LogP contribution < -0.4 is 16.0 Å². The highest BCUT2D eigenvalue weighted by Gasteiger charge is 2.27. The summed E-state index contributed by atoms with van der Waals surface area (Å²) in [4.78, 5) is 20.3. The van der Waals surface area contributed by atoms with Gasteiger partial charge in [0, 0.05) is 49.7 Å². The van der Waals surface area contributed by atoms with Crippen molar-refractivity contribution >= 4 is 39.1 Å². The lowest BCUT2D eigenvalue weighted by molar-refractivity contribution is -0.119. The van der Waals surface area contributed by atoms with Crippen molar-refractivity contribution in [2.24, 2.45) is 0 Å². The van der Waals surface area contributed by atoms with Gasteiger partial charge in [0.1, 0.15) is 5.82 Å². The van der Waals surface area contributed by atoms with Crippen LogP contribution in [0.2, 0.25) is 0 Å². The Kier molecular flexibility index (Phi) is 7.09. The van der Waals surface area contributed by atoms with Crippen LogP contribution in [0.1, 0.15) is 30.9 Å². The number of nitrogens with zero attached hydrogens (tertiary/aromatic N) is 3. The van der Waals surface area contributed by atoms with Crippen molar-refractivity contribution < 1.29 is 13.2 Å². The summed E-state index contributed by atoms with van der Waals surface area (Å²) in [5.41, 5.74) is 3.23. The highest BCUT2D eigenvalue weighted by atomic mass is 32.2. The Hall–Kier alpha value is -3.50. The van der Waals surface area contributed by atoms with Crippen LogP contribution in [0.15, 0.2) is 59.6 Å². The number of anilines is 4. The van der Waals surface area contributed by atoms with E-state index in [0.29, 0.717) is 37.1 Å². The second-order valence-corrected chi connectivity index (χ2v) is 10.2. The molecule has 178 valence electrons. The normalized spacial score (nSPS) is 14.1. The number of aromatic nitrogens is 2. The summed E-state index contributed by atoms with van der Waals surface area (Å²) in [5, 5.41) is 9.19. The molecule has 0 atom stereocenters. The van der Waals surface area contributed by atoms with Crippen LogP contribution in [-0.4, -0.2) is 41.7 Å². The van der Waals surface area contributed by atoms with Gasteiger partial charge in [0.25, 0.3) is 0 Å². The van der Waals surface area contributed by atoms with Crippen molar-refractivity contribution in [2.75, 3.05) is 23.7 Å². The first kappa shape index (κ1) is 23.7. The molecule has 3 N–H and O–H groups in total. The molecule has 3 aromatic rings. The van der Waals surface area contributed by atoms with Crippen molar-refractivity contribution in [3.05, 3.63) is 65.9 Å². The van der Waals surface area contributed by atoms with E-state index in [1.807, 2.05) is 31.2 Å². The van der Waals surface area contributed by atoms with Gasteiger partial charge in [-0.25, -0.2) is 13.4 Å². The minimum atomic E-state index is -3.51. The molecule has 1 saturated heterocycles. The zero-order valence-corrected chi connectivity index (χ0v) is 20.0. The lowest BCUT2D eigenvalue weighted by Crippen LogP contribution is -2.27. The van der Waals surface area contributed by atoms with Crippen molar-refractivity contribution in [2.45, 2.75) is 38.1 Å². The third kappa shape index (κ3) is 5.70. The van der Waals surface area contributed by atoms with E-state index in [-0.39, 0.29) is 10.8 Å². The molecule has 0 aliphatic carbocycles. The first-order chi connectivity index (χ1) is 16.3. The summed E-state index contributed by atoms with van der Waals surface area (Å²) in [7, 11) is -3.51. The Morgan fingerprint density at radius 3 is 2.47 bits per heavy atom. The van der Waals surface area contributed by atoms with Gasteiger partial charge in [-0.05, 0) is 55.7 Å². The molecule has 0 unspecified atom stereocenters. The molecule has 34 heavy (non-hydrogen) atoms. The first-order valence-electron chi connectivity index (χ1n) is 11.1. The number of hydrogen-bond acceptors (Lipinski definition) is 7. The Bertz CT molecular complexity index is 1290. The van der Waals surface area contributed by atoms with Crippen molar-refractivity contribution in [1.29, 1.82) is 0 Å². The van der Waals surface area contributed by atoms with Crippen molar-refractivity contribution in [3.8, 4) is 0 Å². The number of rotatable bonds is 8. The average molecular weight is 481 g/mol. The fraction of sp³-hybridized carbons (Fsp3) is 0.292. The highest BCUT2D eigenvalue weighted by molar-refractivity contribution is 7.89. The van der Waals surface area contributed by atoms with Gasteiger partial charge in [0.05, 0.1) is 4.90 Å². The van der Waals surface area contributed by atoms with Crippen LogP contribution >= 0.6 is 0 Å². The van der Waals surface area contributed by atoms with E-state index in [1.54, 1.807) is 30.5 Å². The zero-order valence-electron chi connectivity index (χ0n) is 19.2. The number of amides is 1. The van der Waals surface area contributed by atoms with Crippen LogP contribution in [0.4, 0.5) is 23.1 Å². The van der Waals surface area contributed by atoms with Gasteiger partial charge >= 0.3 is 0 Å². The standard InChI is InChI=1S/C24H28N6O3S/c1-17-15-26-24(29-23(17)27-20-8-5-7-19(13-20)16-25-18(2)31)28-21-9-6-10-22(14-21)34(32,33)30-11-3-4-12-30/h5-10,13-15H,3-4,11-12,16H2,1-2H3,(H,25,31)(H2,26,27,28,29). The van der Waals surface area contributed by atoms with Crippen LogP contribution in [0.3, 0.4) is 0 Å². The van der Waals surface area contributed by atoms with E-state index >= 15 is 0 Å². The minimum absolute atomic E-state index is 0.0852. The number of aryl methyl sites for hydroxylation is 1. The number of hydrogen-bond donors (Lipinski definition) is 3. The number of sulfonamides is 1. The molecule has 0 radical (unpaired) electrons. The monoisotopic (exact) mass is 480 g/mol. The molecule has 4 rings (SSSR count). The molecule has 1 amide bonds. The smallest absolute Gasteiger partial charge is 0.243 e. The molecule has 0 spiro atoms. The van der Waals surface area contributed by atoms with Crippen LogP contribution in [0, 0.1) is 6.92 Å². The molecule has 10 heteroatoms. The Morgan fingerprint density at radius 1 is 1.03 bits per heavy atom. The van der Waals surface area contributed by atoms with E-state index in [2.05, 4.69) is 25.9 Å². The zero-order chi connectivity index (χ0) is 24.1. The molecule has 1 aliphatic heterocycles. The lowest BCUT2D eigenvalue weighted by atomic mass is 10.2. The molecule has 1 fully saturated rings. The Balaban J connectivity index is 1.51. The van der Waals surface area contributed by atoms with E-state index in [9.17, 15) is 13.2 Å².